The van der Waals surface area contributed by atoms with E-state index in [9.17, 15) is 13.6 Å². The third-order valence-corrected chi connectivity index (χ3v) is 3.23. The van der Waals surface area contributed by atoms with Gasteiger partial charge in [-0.15, -0.1) is 0 Å². The monoisotopic (exact) mass is 342 g/mol. The van der Waals surface area contributed by atoms with Crippen molar-refractivity contribution in [2.45, 2.75) is 6.42 Å². The van der Waals surface area contributed by atoms with Gasteiger partial charge in [-0.2, -0.15) is 0 Å². The maximum Gasteiger partial charge on any atom is 0.216 e. The van der Waals surface area contributed by atoms with Crippen LogP contribution in [0.25, 0.3) is 0 Å². The van der Waals surface area contributed by atoms with Gasteiger partial charge in [0.15, 0.2) is 5.78 Å². The SMILES string of the molecule is COc1cc(C(=O)Cc2c(F)ccc(Br)c2F)ncn1. The Morgan fingerprint density at radius 3 is 2.80 bits per heavy atom. The predicted molar refractivity (Wildman–Crippen MR) is 70.7 cm³/mol. The summed E-state index contributed by atoms with van der Waals surface area (Å²) in [5.74, 6) is -1.89. The minimum absolute atomic E-state index is 0.0376. The fraction of sp³-hybridized carbons (Fsp3) is 0.154. The van der Waals surface area contributed by atoms with E-state index in [0.29, 0.717) is 0 Å². The van der Waals surface area contributed by atoms with Crippen LogP contribution in [0, 0.1) is 11.6 Å². The number of benzene rings is 1. The van der Waals surface area contributed by atoms with Crippen molar-refractivity contribution in [3.63, 3.8) is 0 Å². The van der Waals surface area contributed by atoms with Crippen molar-refractivity contribution in [2.24, 2.45) is 0 Å². The number of rotatable bonds is 4. The van der Waals surface area contributed by atoms with E-state index in [-0.39, 0.29) is 21.6 Å². The Kier molecular flexibility index (Phi) is 4.39. The molecule has 1 aromatic carbocycles. The lowest BCUT2D eigenvalue weighted by Gasteiger charge is -2.06. The molecule has 0 N–H and O–H groups in total. The van der Waals surface area contributed by atoms with Crippen LogP contribution in [0.1, 0.15) is 16.1 Å². The number of halogens is 3. The van der Waals surface area contributed by atoms with Gasteiger partial charge >= 0.3 is 0 Å². The molecule has 20 heavy (non-hydrogen) atoms. The summed E-state index contributed by atoms with van der Waals surface area (Å²) >= 11 is 2.95. The molecule has 0 spiro atoms. The molecule has 0 aliphatic rings. The zero-order valence-electron chi connectivity index (χ0n) is 10.4. The number of hydrogen-bond donors (Lipinski definition) is 0. The molecule has 1 aromatic heterocycles. The second-order valence-electron chi connectivity index (χ2n) is 3.87. The Balaban J connectivity index is 2.30. The third kappa shape index (κ3) is 2.98. The first kappa shape index (κ1) is 14.5. The summed E-state index contributed by atoms with van der Waals surface area (Å²) < 4.78 is 32.3. The zero-order valence-corrected chi connectivity index (χ0v) is 11.9. The summed E-state index contributed by atoms with van der Waals surface area (Å²) in [5, 5.41) is 0. The summed E-state index contributed by atoms with van der Waals surface area (Å²) in [6.07, 6.45) is 0.719. The van der Waals surface area contributed by atoms with Gasteiger partial charge in [0, 0.05) is 18.1 Å². The van der Waals surface area contributed by atoms with Crippen LogP contribution in [0.15, 0.2) is 29.0 Å². The van der Waals surface area contributed by atoms with Crippen LogP contribution in [0.3, 0.4) is 0 Å². The number of hydrogen-bond acceptors (Lipinski definition) is 4. The lowest BCUT2D eigenvalue weighted by Crippen LogP contribution is -2.10. The van der Waals surface area contributed by atoms with Gasteiger partial charge < -0.3 is 4.74 Å². The molecule has 4 nitrogen and oxygen atoms in total. The van der Waals surface area contributed by atoms with E-state index in [2.05, 4.69) is 25.9 Å². The number of carbonyl (C=O) groups is 1. The van der Waals surface area contributed by atoms with Gasteiger partial charge in [-0.05, 0) is 28.1 Å². The van der Waals surface area contributed by atoms with Gasteiger partial charge in [0.2, 0.25) is 5.88 Å². The van der Waals surface area contributed by atoms with Crippen molar-refractivity contribution >= 4 is 21.7 Å². The Bertz CT molecular complexity index is 665. The highest BCUT2D eigenvalue weighted by Crippen LogP contribution is 2.23. The van der Waals surface area contributed by atoms with Crippen LogP contribution < -0.4 is 4.74 Å². The molecular formula is C13H9BrF2N2O2. The first-order chi connectivity index (χ1) is 9.52. The molecule has 0 amide bonds. The molecule has 0 saturated carbocycles. The van der Waals surface area contributed by atoms with Gasteiger partial charge in [0.05, 0.1) is 11.6 Å². The van der Waals surface area contributed by atoms with Gasteiger partial charge in [-0.3, -0.25) is 4.79 Å². The number of Topliss-reactive ketones (excluding diaryl/α,β-unsaturated/α-hetero) is 1. The molecule has 0 fully saturated rings. The van der Waals surface area contributed by atoms with E-state index in [1.165, 1.54) is 19.2 Å². The van der Waals surface area contributed by atoms with Crippen molar-refractivity contribution in [3.05, 3.63) is 51.9 Å². The van der Waals surface area contributed by atoms with Crippen molar-refractivity contribution in [2.75, 3.05) is 7.11 Å². The Labute approximate surface area is 121 Å². The average molecular weight is 343 g/mol. The summed E-state index contributed by atoms with van der Waals surface area (Å²) in [4.78, 5) is 19.5. The maximum absolute atomic E-state index is 13.8. The van der Waals surface area contributed by atoms with E-state index in [0.717, 1.165) is 12.4 Å². The summed E-state index contributed by atoms with van der Waals surface area (Å²) in [7, 11) is 1.39. The predicted octanol–water partition coefficient (Wildman–Crippen LogP) is 2.95. The summed E-state index contributed by atoms with van der Waals surface area (Å²) in [6.45, 7) is 0. The largest absolute Gasteiger partial charge is 0.481 e. The second kappa shape index (κ2) is 6.04. The maximum atomic E-state index is 13.8. The van der Waals surface area contributed by atoms with Crippen LogP contribution in [0.5, 0.6) is 5.88 Å². The zero-order chi connectivity index (χ0) is 14.7. The smallest absolute Gasteiger partial charge is 0.216 e. The standard InChI is InChI=1S/C13H9BrF2N2O2/c1-20-12-5-10(17-6-18-12)11(19)4-7-9(15)3-2-8(14)13(7)16/h2-3,5-6H,4H2,1H3. The third-order valence-electron chi connectivity index (χ3n) is 2.61. The van der Waals surface area contributed by atoms with E-state index in [4.69, 9.17) is 4.74 Å². The fourth-order valence-corrected chi connectivity index (χ4v) is 1.96. The van der Waals surface area contributed by atoms with Gasteiger partial charge in [0.25, 0.3) is 0 Å². The molecule has 0 unspecified atom stereocenters. The molecule has 104 valence electrons. The van der Waals surface area contributed by atoms with Crippen LogP contribution >= 0.6 is 15.9 Å². The Morgan fingerprint density at radius 1 is 1.35 bits per heavy atom. The highest BCUT2D eigenvalue weighted by molar-refractivity contribution is 9.10. The molecule has 2 aromatic rings. The minimum atomic E-state index is -0.792. The van der Waals surface area contributed by atoms with Crippen molar-refractivity contribution in [1.29, 1.82) is 0 Å². The average Bonchev–Trinajstić information content (AvgIpc) is 2.47. The topological polar surface area (TPSA) is 52.1 Å². The van der Waals surface area contributed by atoms with Crippen LogP contribution in [0.2, 0.25) is 0 Å². The van der Waals surface area contributed by atoms with Crippen molar-refractivity contribution < 1.29 is 18.3 Å². The van der Waals surface area contributed by atoms with Crippen LogP contribution in [-0.2, 0) is 6.42 Å². The number of ether oxygens (including phenoxy) is 1. The van der Waals surface area contributed by atoms with Crippen LogP contribution in [-0.4, -0.2) is 22.9 Å². The summed E-state index contributed by atoms with van der Waals surface area (Å²) in [5.41, 5.74) is -0.266. The van der Waals surface area contributed by atoms with E-state index >= 15 is 0 Å². The first-order valence-corrected chi connectivity index (χ1v) is 6.34. The van der Waals surface area contributed by atoms with Gasteiger partial charge in [0.1, 0.15) is 23.7 Å². The van der Waals surface area contributed by atoms with Crippen molar-refractivity contribution in [1.82, 2.24) is 9.97 Å². The van der Waals surface area contributed by atoms with E-state index < -0.39 is 23.8 Å². The summed E-state index contributed by atoms with van der Waals surface area (Å²) in [6, 6.07) is 3.65. The van der Waals surface area contributed by atoms with Crippen molar-refractivity contribution in [3.8, 4) is 5.88 Å². The molecule has 7 heteroatoms. The van der Waals surface area contributed by atoms with Gasteiger partial charge in [-0.25, -0.2) is 18.7 Å². The molecule has 0 aliphatic carbocycles. The van der Waals surface area contributed by atoms with E-state index in [1.807, 2.05) is 0 Å². The number of nitrogens with zero attached hydrogens (tertiary/aromatic N) is 2. The quantitative estimate of drug-likeness (QED) is 0.633. The minimum Gasteiger partial charge on any atom is -0.481 e. The lowest BCUT2D eigenvalue weighted by molar-refractivity contribution is 0.0985. The Hall–Kier alpha value is -1.89. The molecule has 0 bridgehead atoms. The molecule has 0 aliphatic heterocycles. The number of ketones is 1. The molecule has 0 saturated heterocycles. The van der Waals surface area contributed by atoms with Crippen LogP contribution in [0.4, 0.5) is 8.78 Å². The molecule has 0 atom stereocenters. The fourth-order valence-electron chi connectivity index (χ4n) is 1.59. The highest BCUT2D eigenvalue weighted by Gasteiger charge is 2.18. The van der Waals surface area contributed by atoms with E-state index in [1.54, 1.807) is 0 Å². The lowest BCUT2D eigenvalue weighted by atomic mass is 10.1. The highest BCUT2D eigenvalue weighted by atomic mass is 79.9. The molecule has 2 rings (SSSR count). The first-order valence-electron chi connectivity index (χ1n) is 5.54. The second-order valence-corrected chi connectivity index (χ2v) is 4.72. The Morgan fingerprint density at radius 2 is 2.10 bits per heavy atom. The number of carbonyl (C=O) groups excluding carboxylic acids is 1. The van der Waals surface area contributed by atoms with Gasteiger partial charge in [-0.1, -0.05) is 0 Å². The normalized spacial score (nSPS) is 10.4. The molecular weight excluding hydrogens is 334 g/mol. The molecule has 0 radical (unpaired) electrons. The number of methoxy groups -OCH3 is 1. The number of aromatic nitrogens is 2. The molecule has 1 heterocycles.